The zero-order valence-corrected chi connectivity index (χ0v) is 15.1. The van der Waals surface area contributed by atoms with Crippen molar-refractivity contribution < 1.29 is 18.0 Å². The van der Waals surface area contributed by atoms with Gasteiger partial charge in [0.05, 0.1) is 23.5 Å². The molecule has 0 radical (unpaired) electrons. The third-order valence-corrected chi connectivity index (χ3v) is 5.28. The molecule has 1 heterocycles. The maximum absolute atomic E-state index is 12.5. The van der Waals surface area contributed by atoms with Gasteiger partial charge < -0.3 is 10.6 Å². The second-order valence-electron chi connectivity index (χ2n) is 5.82. The van der Waals surface area contributed by atoms with E-state index in [4.69, 9.17) is 11.6 Å². The van der Waals surface area contributed by atoms with Crippen molar-refractivity contribution in [1.82, 2.24) is 4.31 Å². The molecule has 1 saturated heterocycles. The molecule has 2 N–H and O–H groups in total. The summed E-state index contributed by atoms with van der Waals surface area (Å²) in [7, 11) is -3.32. The molecule has 0 saturated carbocycles. The van der Waals surface area contributed by atoms with E-state index in [2.05, 4.69) is 10.6 Å². The van der Waals surface area contributed by atoms with E-state index >= 15 is 0 Å². The van der Waals surface area contributed by atoms with Crippen LogP contribution in [0.25, 0.3) is 0 Å². The predicted molar refractivity (Wildman–Crippen MR) is 93.5 cm³/mol. The van der Waals surface area contributed by atoms with E-state index in [0.717, 1.165) is 6.26 Å². The van der Waals surface area contributed by atoms with E-state index in [0.29, 0.717) is 35.8 Å². The maximum atomic E-state index is 12.5. The Kier molecular flexibility index (Phi) is 5.84. The van der Waals surface area contributed by atoms with Crippen LogP contribution in [0, 0.1) is 5.92 Å². The molecule has 1 aromatic rings. The Morgan fingerprint density at radius 2 is 1.96 bits per heavy atom. The highest BCUT2D eigenvalue weighted by Crippen LogP contribution is 2.27. The molecule has 0 spiro atoms. The van der Waals surface area contributed by atoms with Crippen molar-refractivity contribution in [1.29, 1.82) is 0 Å². The Labute approximate surface area is 146 Å². The van der Waals surface area contributed by atoms with Gasteiger partial charge in [0.25, 0.3) is 0 Å². The quantitative estimate of drug-likeness (QED) is 0.842. The number of anilines is 2. The summed E-state index contributed by atoms with van der Waals surface area (Å²) in [5.74, 6) is -1.01. The Hall–Kier alpha value is -1.64. The largest absolute Gasteiger partial charge is 0.325 e. The number of nitrogens with zero attached hydrogens (tertiary/aromatic N) is 1. The van der Waals surface area contributed by atoms with Crippen molar-refractivity contribution in [3.8, 4) is 0 Å². The van der Waals surface area contributed by atoms with Gasteiger partial charge in [-0.15, -0.1) is 0 Å². The van der Waals surface area contributed by atoms with Crippen molar-refractivity contribution in [3.63, 3.8) is 0 Å². The highest BCUT2D eigenvalue weighted by atomic mass is 35.5. The Balaban J connectivity index is 2.14. The molecule has 0 aliphatic carbocycles. The second-order valence-corrected chi connectivity index (χ2v) is 8.24. The fourth-order valence-corrected chi connectivity index (χ4v) is 3.69. The number of halogens is 1. The van der Waals surface area contributed by atoms with Crippen LogP contribution in [0.2, 0.25) is 5.02 Å². The van der Waals surface area contributed by atoms with Crippen molar-refractivity contribution >= 4 is 44.8 Å². The van der Waals surface area contributed by atoms with Gasteiger partial charge in [-0.25, -0.2) is 12.7 Å². The fourth-order valence-electron chi connectivity index (χ4n) is 2.61. The van der Waals surface area contributed by atoms with Gasteiger partial charge in [0.15, 0.2) is 0 Å². The van der Waals surface area contributed by atoms with Gasteiger partial charge in [-0.05, 0) is 31.0 Å². The van der Waals surface area contributed by atoms with Crippen LogP contribution in [0.4, 0.5) is 11.4 Å². The summed E-state index contributed by atoms with van der Waals surface area (Å²) in [6.45, 7) is 1.95. The third kappa shape index (κ3) is 4.93. The minimum Gasteiger partial charge on any atom is -0.325 e. The first-order chi connectivity index (χ1) is 11.2. The zero-order chi connectivity index (χ0) is 17.9. The van der Waals surface area contributed by atoms with Gasteiger partial charge in [-0.3, -0.25) is 9.59 Å². The summed E-state index contributed by atoms with van der Waals surface area (Å²) in [5.41, 5.74) is 0.829. The molecule has 1 fully saturated rings. The molecule has 1 aliphatic heterocycles. The summed E-state index contributed by atoms with van der Waals surface area (Å²) in [5, 5.41) is 5.78. The van der Waals surface area contributed by atoms with Crippen LogP contribution in [-0.2, 0) is 19.6 Å². The average Bonchev–Trinajstić information content (AvgIpc) is 2.49. The maximum Gasteiger partial charge on any atom is 0.228 e. The Bertz CT molecular complexity index is 751. The highest BCUT2D eigenvalue weighted by molar-refractivity contribution is 7.88. The summed E-state index contributed by atoms with van der Waals surface area (Å²) in [4.78, 5) is 23.8. The first kappa shape index (κ1) is 18.7. The number of amides is 2. The fraction of sp³-hybridized carbons (Fsp3) is 0.467. The molecule has 132 valence electrons. The highest BCUT2D eigenvalue weighted by Gasteiger charge is 2.30. The first-order valence-corrected chi connectivity index (χ1v) is 9.72. The van der Waals surface area contributed by atoms with E-state index in [9.17, 15) is 18.0 Å². The number of hydrogen-bond donors (Lipinski definition) is 2. The van der Waals surface area contributed by atoms with Gasteiger partial charge in [0.1, 0.15) is 0 Å². The average molecular weight is 374 g/mol. The summed E-state index contributed by atoms with van der Waals surface area (Å²) < 4.78 is 24.6. The molecule has 9 heteroatoms. The van der Waals surface area contributed by atoms with Crippen molar-refractivity contribution in [2.24, 2.45) is 5.92 Å². The second kappa shape index (κ2) is 7.50. The molecule has 1 aromatic carbocycles. The molecule has 0 unspecified atom stereocenters. The van der Waals surface area contributed by atoms with Crippen LogP contribution in [0.1, 0.15) is 19.8 Å². The predicted octanol–water partition coefficient (Wildman–Crippen LogP) is 1.91. The van der Waals surface area contributed by atoms with E-state index in [1.165, 1.54) is 11.2 Å². The zero-order valence-electron chi connectivity index (χ0n) is 13.5. The number of carbonyl (C=O) groups is 2. The lowest BCUT2D eigenvalue weighted by Gasteiger charge is -2.30. The Morgan fingerprint density at radius 3 is 2.58 bits per heavy atom. The SMILES string of the molecule is CC(=O)Nc1ccc(Cl)cc1NC(=O)[C@@H]1CCCN(S(C)(=O)=O)C1. The van der Waals surface area contributed by atoms with Crippen LogP contribution in [0.3, 0.4) is 0 Å². The van der Waals surface area contributed by atoms with Gasteiger partial charge in [-0.1, -0.05) is 11.6 Å². The van der Waals surface area contributed by atoms with Crippen LogP contribution in [0.5, 0.6) is 0 Å². The van der Waals surface area contributed by atoms with E-state index in [1.54, 1.807) is 18.2 Å². The lowest BCUT2D eigenvalue weighted by molar-refractivity contribution is -0.121. The molecule has 2 rings (SSSR count). The molecule has 0 aromatic heterocycles. The number of sulfonamides is 1. The van der Waals surface area contributed by atoms with Crippen LogP contribution < -0.4 is 10.6 Å². The number of hydrogen-bond acceptors (Lipinski definition) is 4. The molecular weight excluding hydrogens is 354 g/mol. The molecule has 1 aliphatic rings. The number of benzene rings is 1. The lowest BCUT2D eigenvalue weighted by atomic mass is 9.98. The molecule has 0 bridgehead atoms. The number of nitrogens with one attached hydrogen (secondary N) is 2. The normalized spacial score (nSPS) is 18.9. The summed E-state index contributed by atoms with van der Waals surface area (Å²) >= 11 is 5.95. The molecule has 24 heavy (non-hydrogen) atoms. The van der Waals surface area contributed by atoms with Gasteiger partial charge in [0.2, 0.25) is 21.8 Å². The van der Waals surface area contributed by atoms with Crippen molar-refractivity contribution in [2.75, 3.05) is 30.0 Å². The van der Waals surface area contributed by atoms with Crippen molar-refractivity contribution in [3.05, 3.63) is 23.2 Å². The topological polar surface area (TPSA) is 95.6 Å². The number of piperidine rings is 1. The summed E-state index contributed by atoms with van der Waals surface area (Å²) in [6.07, 6.45) is 2.37. The van der Waals surface area contributed by atoms with E-state index in [-0.39, 0.29) is 18.4 Å². The minimum absolute atomic E-state index is 0.153. The molecule has 7 nitrogen and oxygen atoms in total. The van der Waals surface area contributed by atoms with Crippen molar-refractivity contribution in [2.45, 2.75) is 19.8 Å². The standard InChI is InChI=1S/C15H20ClN3O4S/c1-10(20)17-13-6-5-12(16)8-14(13)18-15(21)11-4-3-7-19(9-11)24(2,22)23/h5-6,8,11H,3-4,7,9H2,1-2H3,(H,17,20)(H,18,21)/t11-/m1/s1. The van der Waals surface area contributed by atoms with Crippen LogP contribution in [0.15, 0.2) is 18.2 Å². The van der Waals surface area contributed by atoms with E-state index in [1.807, 2.05) is 0 Å². The number of rotatable bonds is 4. The van der Waals surface area contributed by atoms with Gasteiger partial charge in [-0.2, -0.15) is 0 Å². The third-order valence-electron chi connectivity index (χ3n) is 3.77. The number of carbonyl (C=O) groups excluding carboxylic acids is 2. The molecule has 1 atom stereocenters. The molecular formula is C15H20ClN3O4S. The smallest absolute Gasteiger partial charge is 0.228 e. The first-order valence-electron chi connectivity index (χ1n) is 7.50. The summed E-state index contributed by atoms with van der Waals surface area (Å²) in [6, 6.07) is 4.75. The van der Waals surface area contributed by atoms with Gasteiger partial charge >= 0.3 is 0 Å². The monoisotopic (exact) mass is 373 g/mol. The Morgan fingerprint density at radius 1 is 1.25 bits per heavy atom. The van der Waals surface area contributed by atoms with Crippen LogP contribution >= 0.6 is 11.6 Å². The van der Waals surface area contributed by atoms with E-state index < -0.39 is 15.9 Å². The van der Waals surface area contributed by atoms with Crippen LogP contribution in [-0.4, -0.2) is 43.9 Å². The minimum atomic E-state index is -3.32. The van der Waals surface area contributed by atoms with Gasteiger partial charge in [0, 0.05) is 25.0 Å². The molecule has 2 amide bonds. The lowest BCUT2D eigenvalue weighted by Crippen LogP contribution is -2.43.